The van der Waals surface area contributed by atoms with Crippen LogP contribution in [0.15, 0.2) is 24.3 Å². The topological polar surface area (TPSA) is 12.0 Å². The second-order valence-electron chi connectivity index (χ2n) is 4.99. The molecular weight excluding hydrogens is 170 g/mol. The first-order valence-electron chi connectivity index (χ1n) is 6.01. The van der Waals surface area contributed by atoms with E-state index < -0.39 is 0 Å². The third-order valence-corrected chi connectivity index (χ3v) is 4.08. The summed E-state index contributed by atoms with van der Waals surface area (Å²) in [5.41, 5.74) is 0. The van der Waals surface area contributed by atoms with Gasteiger partial charge in [0.15, 0.2) is 0 Å². The lowest BCUT2D eigenvalue weighted by atomic mass is 9.71. The van der Waals surface area contributed by atoms with Gasteiger partial charge in [-0.25, -0.2) is 0 Å². The molecule has 1 nitrogen and oxygen atoms in total. The van der Waals surface area contributed by atoms with Gasteiger partial charge in [0.25, 0.3) is 0 Å². The van der Waals surface area contributed by atoms with Crippen molar-refractivity contribution in [2.75, 3.05) is 0 Å². The van der Waals surface area contributed by atoms with E-state index in [1.807, 2.05) is 0 Å². The molecule has 4 unspecified atom stereocenters. The molecule has 0 bridgehead atoms. The van der Waals surface area contributed by atoms with Crippen molar-refractivity contribution >= 4 is 0 Å². The molecule has 0 spiro atoms. The van der Waals surface area contributed by atoms with Gasteiger partial charge < -0.3 is 5.32 Å². The third-order valence-electron chi connectivity index (χ3n) is 4.08. The zero-order valence-electron chi connectivity index (χ0n) is 8.65. The van der Waals surface area contributed by atoms with Crippen LogP contribution in [0.5, 0.6) is 0 Å². The Balaban J connectivity index is 1.53. The first kappa shape index (κ1) is 8.72. The smallest absolute Gasteiger partial charge is 0.0138 e. The summed E-state index contributed by atoms with van der Waals surface area (Å²) in [6.07, 6.45) is 16.1. The summed E-state index contributed by atoms with van der Waals surface area (Å²) in [7, 11) is 0. The molecule has 76 valence electrons. The molecule has 0 amide bonds. The quantitative estimate of drug-likeness (QED) is 0.658. The summed E-state index contributed by atoms with van der Waals surface area (Å²) in [5, 5.41) is 3.82. The number of hydrogen-bond donors (Lipinski definition) is 1. The summed E-state index contributed by atoms with van der Waals surface area (Å²) in [5.74, 6) is 1.87. The van der Waals surface area contributed by atoms with Crippen molar-refractivity contribution in [1.29, 1.82) is 0 Å². The van der Waals surface area contributed by atoms with Crippen molar-refractivity contribution in [2.24, 2.45) is 11.8 Å². The number of fused-ring (bicyclic) bond motifs is 1. The first-order valence-corrected chi connectivity index (χ1v) is 6.01. The Hall–Kier alpha value is -0.560. The summed E-state index contributed by atoms with van der Waals surface area (Å²) >= 11 is 0. The van der Waals surface area contributed by atoms with Crippen molar-refractivity contribution in [3.8, 4) is 0 Å². The normalized spacial score (nSPS) is 44.9. The van der Waals surface area contributed by atoms with E-state index in [2.05, 4.69) is 29.6 Å². The standard InChI is InChI=1S/C13H19N/c1-2-6-11(7-3-1)14-13-9-10-5-4-8-12(10)13/h1-2,4,8,10-14H,3,5-7,9H2. The van der Waals surface area contributed by atoms with E-state index in [1.54, 1.807) is 0 Å². The molecule has 1 N–H and O–H groups in total. The van der Waals surface area contributed by atoms with Gasteiger partial charge in [-0.1, -0.05) is 24.3 Å². The fourth-order valence-corrected chi connectivity index (χ4v) is 3.16. The van der Waals surface area contributed by atoms with Gasteiger partial charge in [-0.15, -0.1) is 0 Å². The van der Waals surface area contributed by atoms with Crippen LogP contribution in [0.4, 0.5) is 0 Å². The van der Waals surface area contributed by atoms with Crippen molar-refractivity contribution in [2.45, 2.75) is 44.2 Å². The lowest BCUT2D eigenvalue weighted by Crippen LogP contribution is -2.51. The van der Waals surface area contributed by atoms with Gasteiger partial charge in [-0.2, -0.15) is 0 Å². The highest BCUT2D eigenvalue weighted by atomic mass is 15.0. The molecule has 1 heteroatoms. The predicted molar refractivity (Wildman–Crippen MR) is 59.1 cm³/mol. The molecule has 1 saturated carbocycles. The summed E-state index contributed by atoms with van der Waals surface area (Å²) in [6.45, 7) is 0. The molecule has 0 aromatic heterocycles. The van der Waals surface area contributed by atoms with E-state index >= 15 is 0 Å². The van der Waals surface area contributed by atoms with Crippen LogP contribution in [0.3, 0.4) is 0 Å². The van der Waals surface area contributed by atoms with Gasteiger partial charge in [0, 0.05) is 12.1 Å². The molecule has 3 aliphatic rings. The Bertz CT molecular complexity index is 266. The van der Waals surface area contributed by atoms with Crippen LogP contribution < -0.4 is 5.32 Å². The highest BCUT2D eigenvalue weighted by molar-refractivity contribution is 5.13. The third kappa shape index (κ3) is 1.44. The summed E-state index contributed by atoms with van der Waals surface area (Å²) in [6, 6.07) is 1.56. The Morgan fingerprint density at radius 3 is 2.86 bits per heavy atom. The van der Waals surface area contributed by atoms with Crippen LogP contribution in [-0.4, -0.2) is 12.1 Å². The Morgan fingerprint density at radius 1 is 1.07 bits per heavy atom. The molecule has 3 aliphatic carbocycles. The van der Waals surface area contributed by atoms with Gasteiger partial charge >= 0.3 is 0 Å². The number of hydrogen-bond acceptors (Lipinski definition) is 1. The molecule has 1 fully saturated rings. The van der Waals surface area contributed by atoms with Crippen LogP contribution in [0.2, 0.25) is 0 Å². The van der Waals surface area contributed by atoms with Crippen molar-refractivity contribution < 1.29 is 0 Å². The first-order chi connectivity index (χ1) is 6.93. The van der Waals surface area contributed by atoms with E-state index in [9.17, 15) is 0 Å². The minimum Gasteiger partial charge on any atom is -0.310 e. The minimum atomic E-state index is 0.764. The molecule has 0 aliphatic heterocycles. The summed E-state index contributed by atoms with van der Waals surface area (Å²) in [4.78, 5) is 0. The molecule has 0 aromatic carbocycles. The van der Waals surface area contributed by atoms with Crippen molar-refractivity contribution in [1.82, 2.24) is 5.32 Å². The Kier molecular flexibility index (Phi) is 2.21. The fourth-order valence-electron chi connectivity index (χ4n) is 3.16. The zero-order chi connectivity index (χ0) is 9.38. The maximum absolute atomic E-state index is 3.82. The van der Waals surface area contributed by atoms with Gasteiger partial charge in [0.1, 0.15) is 0 Å². The van der Waals surface area contributed by atoms with Gasteiger partial charge in [-0.3, -0.25) is 0 Å². The van der Waals surface area contributed by atoms with Crippen LogP contribution >= 0.6 is 0 Å². The number of rotatable bonds is 2. The highest BCUT2D eigenvalue weighted by Gasteiger charge is 2.41. The highest BCUT2D eigenvalue weighted by Crippen LogP contribution is 2.43. The molecule has 3 rings (SSSR count). The van der Waals surface area contributed by atoms with Crippen molar-refractivity contribution in [3.05, 3.63) is 24.3 Å². The largest absolute Gasteiger partial charge is 0.310 e. The van der Waals surface area contributed by atoms with E-state index in [0.29, 0.717) is 0 Å². The molecule has 0 radical (unpaired) electrons. The van der Waals surface area contributed by atoms with Gasteiger partial charge in [0.05, 0.1) is 0 Å². The molecule has 14 heavy (non-hydrogen) atoms. The van der Waals surface area contributed by atoms with Crippen LogP contribution in [0, 0.1) is 11.8 Å². The molecule has 0 saturated heterocycles. The summed E-state index contributed by atoms with van der Waals surface area (Å²) < 4.78 is 0. The van der Waals surface area contributed by atoms with Gasteiger partial charge in [-0.05, 0) is 43.9 Å². The lowest BCUT2D eigenvalue weighted by Gasteiger charge is -2.43. The average molecular weight is 189 g/mol. The predicted octanol–water partition coefficient (Wildman–Crippen LogP) is 2.65. The van der Waals surface area contributed by atoms with E-state index in [0.717, 1.165) is 23.9 Å². The number of allylic oxidation sites excluding steroid dienone is 2. The Labute approximate surface area is 86.3 Å². The maximum Gasteiger partial charge on any atom is 0.0138 e. The fraction of sp³-hybridized carbons (Fsp3) is 0.692. The molecule has 0 heterocycles. The monoisotopic (exact) mass is 189 g/mol. The second kappa shape index (κ2) is 3.54. The maximum atomic E-state index is 3.82. The van der Waals surface area contributed by atoms with E-state index in [-0.39, 0.29) is 0 Å². The SMILES string of the molecule is C1=CCC(NC2CC3CC=CC32)CC1. The molecule has 0 aromatic rings. The molecule has 4 atom stereocenters. The van der Waals surface area contributed by atoms with Gasteiger partial charge in [0.2, 0.25) is 0 Å². The lowest BCUT2D eigenvalue weighted by molar-refractivity contribution is 0.147. The van der Waals surface area contributed by atoms with Crippen molar-refractivity contribution in [3.63, 3.8) is 0 Å². The zero-order valence-corrected chi connectivity index (χ0v) is 8.65. The van der Waals surface area contributed by atoms with Crippen LogP contribution in [0.1, 0.15) is 32.1 Å². The second-order valence-corrected chi connectivity index (χ2v) is 4.99. The van der Waals surface area contributed by atoms with Crippen LogP contribution in [-0.2, 0) is 0 Å². The average Bonchev–Trinajstić information content (AvgIpc) is 2.58. The van der Waals surface area contributed by atoms with Crippen LogP contribution in [0.25, 0.3) is 0 Å². The van der Waals surface area contributed by atoms with E-state index in [1.165, 1.54) is 32.1 Å². The van der Waals surface area contributed by atoms with E-state index in [4.69, 9.17) is 0 Å². The Morgan fingerprint density at radius 2 is 2.07 bits per heavy atom. The number of nitrogens with one attached hydrogen (secondary N) is 1. The minimum absolute atomic E-state index is 0.764. The molecular formula is C13H19N.